The molecule has 0 aliphatic rings. The molecule has 0 saturated heterocycles. The maximum absolute atomic E-state index is 2.48. The molecule has 0 saturated carbocycles. The smallest absolute Gasteiger partial charge is 0.0100 e. The first kappa shape index (κ1) is 23.0. The fourth-order valence-electron chi connectivity index (χ4n) is 3.64. The quantitative estimate of drug-likeness (QED) is 0.429. The zero-order chi connectivity index (χ0) is 20.2. The zero-order valence-electron chi connectivity index (χ0n) is 19.2. The predicted molar refractivity (Wildman–Crippen MR) is 119 cm³/mol. The van der Waals surface area contributed by atoms with Gasteiger partial charge in [-0.1, -0.05) is 112 Å². The Hall–Kier alpha value is -1.04. The average molecular weight is 357 g/mol. The SMILES string of the molecule is CC(C)(C)C/C=C/CC(C)(C)C(C)(C)C(CC(C)(C)C)c1ccccc1. The van der Waals surface area contributed by atoms with Crippen LogP contribution in [0.3, 0.4) is 0 Å². The largest absolute Gasteiger partial charge is 0.0880 e. The van der Waals surface area contributed by atoms with E-state index in [1.165, 1.54) is 12.0 Å². The maximum Gasteiger partial charge on any atom is -0.0100 e. The van der Waals surface area contributed by atoms with Gasteiger partial charge in [-0.2, -0.15) is 0 Å². The molecule has 0 fully saturated rings. The molecule has 0 N–H and O–H groups in total. The average Bonchev–Trinajstić information content (AvgIpc) is 2.48. The highest BCUT2D eigenvalue weighted by molar-refractivity contribution is 5.23. The molecule has 0 heterocycles. The highest BCUT2D eigenvalue weighted by Gasteiger charge is 2.44. The minimum atomic E-state index is 0.202. The molecule has 1 atom stereocenters. The highest BCUT2D eigenvalue weighted by atomic mass is 14.5. The van der Waals surface area contributed by atoms with Crippen LogP contribution in [0.1, 0.15) is 100.0 Å². The van der Waals surface area contributed by atoms with Crippen molar-refractivity contribution in [3.05, 3.63) is 48.0 Å². The molecule has 0 aromatic heterocycles. The van der Waals surface area contributed by atoms with Gasteiger partial charge in [-0.3, -0.25) is 0 Å². The molecule has 0 nitrogen and oxygen atoms in total. The summed E-state index contributed by atoms with van der Waals surface area (Å²) in [6.07, 6.45) is 8.29. The van der Waals surface area contributed by atoms with E-state index in [1.807, 2.05) is 0 Å². The third-order valence-electron chi connectivity index (χ3n) is 6.16. The van der Waals surface area contributed by atoms with Gasteiger partial charge in [-0.25, -0.2) is 0 Å². The van der Waals surface area contributed by atoms with Gasteiger partial charge >= 0.3 is 0 Å². The Morgan fingerprint density at radius 3 is 1.65 bits per heavy atom. The molecule has 26 heavy (non-hydrogen) atoms. The topological polar surface area (TPSA) is 0 Å². The Morgan fingerprint density at radius 1 is 0.692 bits per heavy atom. The second-order valence-corrected chi connectivity index (χ2v) is 11.8. The van der Waals surface area contributed by atoms with Crippen molar-refractivity contribution in [3.8, 4) is 0 Å². The molecule has 0 heteroatoms. The molecule has 0 aliphatic heterocycles. The molecule has 148 valence electrons. The van der Waals surface area contributed by atoms with Crippen LogP contribution in [0.25, 0.3) is 0 Å². The Bertz CT molecular complexity index is 558. The van der Waals surface area contributed by atoms with Gasteiger partial charge in [0.15, 0.2) is 0 Å². The summed E-state index contributed by atoms with van der Waals surface area (Å²) >= 11 is 0. The summed E-state index contributed by atoms with van der Waals surface area (Å²) in [5, 5.41) is 0. The number of allylic oxidation sites excluding steroid dienone is 2. The van der Waals surface area contributed by atoms with Crippen LogP contribution in [-0.2, 0) is 0 Å². The molecule has 0 bridgehead atoms. The van der Waals surface area contributed by atoms with Crippen LogP contribution in [0.5, 0.6) is 0 Å². The normalized spacial score (nSPS) is 15.5. The second-order valence-electron chi connectivity index (χ2n) is 11.8. The third-order valence-corrected chi connectivity index (χ3v) is 6.16. The Kier molecular flexibility index (Phi) is 7.36. The van der Waals surface area contributed by atoms with E-state index in [2.05, 4.69) is 112 Å². The molecule has 1 unspecified atom stereocenters. The summed E-state index contributed by atoms with van der Waals surface area (Å²) in [5.41, 5.74) is 2.60. The van der Waals surface area contributed by atoms with E-state index in [0.29, 0.717) is 16.7 Å². The third kappa shape index (κ3) is 6.93. The van der Waals surface area contributed by atoms with Gasteiger partial charge in [0.05, 0.1) is 0 Å². The van der Waals surface area contributed by atoms with Gasteiger partial charge in [0.25, 0.3) is 0 Å². The Labute approximate surface area is 164 Å². The Balaban J connectivity index is 3.09. The molecule has 1 aromatic carbocycles. The van der Waals surface area contributed by atoms with E-state index < -0.39 is 0 Å². The molecule has 0 spiro atoms. The van der Waals surface area contributed by atoms with Gasteiger partial charge in [-0.05, 0) is 52.4 Å². The van der Waals surface area contributed by atoms with E-state index in [4.69, 9.17) is 0 Å². The number of benzene rings is 1. The van der Waals surface area contributed by atoms with Gasteiger partial charge < -0.3 is 0 Å². The lowest BCUT2D eigenvalue weighted by atomic mass is 9.56. The first-order valence-corrected chi connectivity index (χ1v) is 10.4. The second kappa shape index (κ2) is 8.32. The van der Waals surface area contributed by atoms with Crippen molar-refractivity contribution >= 4 is 0 Å². The molecule has 1 aromatic rings. The van der Waals surface area contributed by atoms with Crippen molar-refractivity contribution in [1.29, 1.82) is 0 Å². The van der Waals surface area contributed by atoms with Gasteiger partial charge in [0.1, 0.15) is 0 Å². The standard InChI is InChI=1S/C26H44/c1-23(2,3)18-14-15-19-25(7,8)26(9,10)22(20-24(4,5)6)21-16-12-11-13-17-21/h11-17,22H,18-20H2,1-10H3/b15-14+. The minimum Gasteiger partial charge on any atom is -0.0880 e. The van der Waals surface area contributed by atoms with Crippen molar-refractivity contribution < 1.29 is 0 Å². The van der Waals surface area contributed by atoms with Crippen LogP contribution in [0.2, 0.25) is 0 Å². The van der Waals surface area contributed by atoms with Crippen molar-refractivity contribution in [2.75, 3.05) is 0 Å². The molecule has 1 rings (SSSR count). The molecule has 0 amide bonds. The summed E-state index contributed by atoms with van der Waals surface area (Å²) < 4.78 is 0. The lowest BCUT2D eigenvalue weighted by Gasteiger charge is -2.49. The summed E-state index contributed by atoms with van der Waals surface area (Å²) in [6, 6.07) is 11.2. The molecular weight excluding hydrogens is 312 g/mol. The fraction of sp³-hybridized carbons (Fsp3) is 0.692. The summed E-state index contributed by atoms with van der Waals surface area (Å²) in [4.78, 5) is 0. The number of hydrogen-bond donors (Lipinski definition) is 0. The molecular formula is C26H44. The van der Waals surface area contributed by atoms with Crippen molar-refractivity contribution in [2.45, 2.75) is 94.4 Å². The highest BCUT2D eigenvalue weighted by Crippen LogP contribution is 2.54. The number of hydrogen-bond acceptors (Lipinski definition) is 0. The summed E-state index contributed by atoms with van der Waals surface area (Å²) in [7, 11) is 0. The molecule has 0 radical (unpaired) electrons. The van der Waals surface area contributed by atoms with Crippen LogP contribution in [0.15, 0.2) is 42.5 Å². The number of rotatable bonds is 7. The minimum absolute atomic E-state index is 0.202. The predicted octanol–water partition coefficient (Wildman–Crippen LogP) is 8.64. The van der Waals surface area contributed by atoms with E-state index in [-0.39, 0.29) is 10.8 Å². The fourth-order valence-corrected chi connectivity index (χ4v) is 3.64. The Morgan fingerprint density at radius 2 is 1.19 bits per heavy atom. The van der Waals surface area contributed by atoms with Gasteiger partial charge in [-0.15, -0.1) is 0 Å². The van der Waals surface area contributed by atoms with Gasteiger partial charge in [0, 0.05) is 0 Å². The maximum atomic E-state index is 2.48. The molecule has 0 aliphatic carbocycles. The lowest BCUT2D eigenvalue weighted by molar-refractivity contribution is 0.0586. The first-order chi connectivity index (χ1) is 11.7. The van der Waals surface area contributed by atoms with Crippen molar-refractivity contribution in [3.63, 3.8) is 0 Å². The summed E-state index contributed by atoms with van der Waals surface area (Å²) in [5.74, 6) is 0.551. The van der Waals surface area contributed by atoms with E-state index in [0.717, 1.165) is 12.8 Å². The van der Waals surface area contributed by atoms with Crippen molar-refractivity contribution in [1.82, 2.24) is 0 Å². The van der Waals surface area contributed by atoms with Crippen LogP contribution < -0.4 is 0 Å². The monoisotopic (exact) mass is 356 g/mol. The van der Waals surface area contributed by atoms with Crippen LogP contribution in [-0.4, -0.2) is 0 Å². The van der Waals surface area contributed by atoms with Crippen LogP contribution >= 0.6 is 0 Å². The van der Waals surface area contributed by atoms with E-state index >= 15 is 0 Å². The summed E-state index contributed by atoms with van der Waals surface area (Å²) in [6.45, 7) is 23.9. The van der Waals surface area contributed by atoms with Crippen molar-refractivity contribution in [2.24, 2.45) is 21.7 Å². The zero-order valence-corrected chi connectivity index (χ0v) is 19.2. The van der Waals surface area contributed by atoms with Crippen LogP contribution in [0.4, 0.5) is 0 Å². The first-order valence-electron chi connectivity index (χ1n) is 10.4. The van der Waals surface area contributed by atoms with E-state index in [9.17, 15) is 0 Å². The van der Waals surface area contributed by atoms with Gasteiger partial charge in [0.2, 0.25) is 0 Å². The van der Waals surface area contributed by atoms with Crippen LogP contribution in [0, 0.1) is 21.7 Å². The van der Waals surface area contributed by atoms with E-state index in [1.54, 1.807) is 0 Å². The lowest BCUT2D eigenvalue weighted by Crippen LogP contribution is -2.39.